The Bertz CT molecular complexity index is 626. The summed E-state index contributed by atoms with van der Waals surface area (Å²) in [6.45, 7) is 0. The first-order chi connectivity index (χ1) is 9.00. The molecule has 2 aromatic carbocycles. The predicted molar refractivity (Wildman–Crippen MR) is 72.5 cm³/mol. The van der Waals surface area contributed by atoms with Crippen LogP contribution < -0.4 is 11.1 Å². The molecule has 4 nitrogen and oxygen atoms in total. The zero-order valence-electron chi connectivity index (χ0n) is 9.65. The van der Waals surface area contributed by atoms with Crippen molar-refractivity contribution in [1.82, 2.24) is 0 Å². The number of nitrogens with one attached hydrogen (secondary N) is 1. The zero-order valence-corrected chi connectivity index (χ0v) is 10.4. The fourth-order valence-electron chi connectivity index (χ4n) is 1.63. The molecule has 0 radical (unpaired) electrons. The highest BCUT2D eigenvalue weighted by atomic mass is 35.5. The van der Waals surface area contributed by atoms with E-state index in [0.717, 1.165) is 0 Å². The van der Waals surface area contributed by atoms with Gasteiger partial charge in [0.1, 0.15) is 5.82 Å². The SMILES string of the molecule is Nc1cccc(C(=O)O)c1Nc1c(F)cccc1Cl. The Labute approximate surface area is 113 Å². The van der Waals surface area contributed by atoms with E-state index in [9.17, 15) is 9.18 Å². The molecule has 0 fully saturated rings. The van der Waals surface area contributed by atoms with Gasteiger partial charge in [-0.2, -0.15) is 0 Å². The van der Waals surface area contributed by atoms with Gasteiger partial charge in [-0.1, -0.05) is 23.7 Å². The second-order valence-corrected chi connectivity index (χ2v) is 4.20. The smallest absolute Gasteiger partial charge is 0.337 e. The number of nitrogen functional groups attached to an aromatic ring is 1. The van der Waals surface area contributed by atoms with E-state index < -0.39 is 11.8 Å². The summed E-state index contributed by atoms with van der Waals surface area (Å²) >= 11 is 5.87. The third-order valence-corrected chi connectivity index (χ3v) is 2.85. The number of nitrogens with two attached hydrogens (primary N) is 1. The largest absolute Gasteiger partial charge is 0.478 e. The first kappa shape index (κ1) is 13.2. The summed E-state index contributed by atoms with van der Waals surface area (Å²) in [6.07, 6.45) is 0. The van der Waals surface area contributed by atoms with Crippen LogP contribution >= 0.6 is 11.6 Å². The molecule has 2 rings (SSSR count). The first-order valence-electron chi connectivity index (χ1n) is 5.33. The summed E-state index contributed by atoms with van der Waals surface area (Å²) in [5.74, 6) is -1.76. The minimum atomic E-state index is -1.16. The lowest BCUT2D eigenvalue weighted by Crippen LogP contribution is -2.06. The average Bonchev–Trinajstić information content (AvgIpc) is 2.35. The summed E-state index contributed by atoms with van der Waals surface area (Å²) in [4.78, 5) is 11.1. The van der Waals surface area contributed by atoms with Crippen molar-refractivity contribution >= 4 is 34.6 Å². The first-order valence-corrected chi connectivity index (χ1v) is 5.71. The zero-order chi connectivity index (χ0) is 14.0. The van der Waals surface area contributed by atoms with Crippen LogP contribution in [0.1, 0.15) is 10.4 Å². The minimum Gasteiger partial charge on any atom is -0.478 e. The molecule has 0 bridgehead atoms. The van der Waals surface area contributed by atoms with Crippen LogP contribution in [-0.4, -0.2) is 11.1 Å². The Hall–Kier alpha value is -2.27. The van der Waals surface area contributed by atoms with E-state index in [2.05, 4.69) is 5.32 Å². The van der Waals surface area contributed by atoms with Crippen LogP contribution in [0.2, 0.25) is 5.02 Å². The van der Waals surface area contributed by atoms with Crippen molar-refractivity contribution in [1.29, 1.82) is 0 Å². The lowest BCUT2D eigenvalue weighted by molar-refractivity contribution is 0.0698. The molecule has 0 aliphatic carbocycles. The number of carboxylic acid groups (broad SMARTS) is 1. The van der Waals surface area contributed by atoms with Gasteiger partial charge in [0.05, 0.1) is 27.6 Å². The predicted octanol–water partition coefficient (Wildman–Crippen LogP) is 3.50. The normalized spacial score (nSPS) is 10.2. The van der Waals surface area contributed by atoms with Crippen LogP contribution in [-0.2, 0) is 0 Å². The van der Waals surface area contributed by atoms with Gasteiger partial charge in [0.15, 0.2) is 0 Å². The summed E-state index contributed by atoms with van der Waals surface area (Å²) in [6, 6.07) is 8.56. The Balaban J connectivity index is 2.52. The molecule has 98 valence electrons. The van der Waals surface area contributed by atoms with Crippen LogP contribution in [0.25, 0.3) is 0 Å². The van der Waals surface area contributed by atoms with Gasteiger partial charge in [-0.05, 0) is 24.3 Å². The van der Waals surface area contributed by atoms with E-state index in [-0.39, 0.29) is 27.6 Å². The number of aromatic carboxylic acids is 1. The lowest BCUT2D eigenvalue weighted by Gasteiger charge is -2.14. The highest BCUT2D eigenvalue weighted by molar-refractivity contribution is 6.33. The van der Waals surface area contributed by atoms with Crippen molar-refractivity contribution in [3.05, 3.63) is 52.8 Å². The number of carboxylic acids is 1. The topological polar surface area (TPSA) is 75.4 Å². The molecular formula is C13H10ClFN2O2. The lowest BCUT2D eigenvalue weighted by atomic mass is 10.1. The van der Waals surface area contributed by atoms with Gasteiger partial charge >= 0.3 is 5.97 Å². The van der Waals surface area contributed by atoms with Crippen molar-refractivity contribution in [2.45, 2.75) is 0 Å². The van der Waals surface area contributed by atoms with Gasteiger partial charge in [-0.15, -0.1) is 0 Å². The van der Waals surface area contributed by atoms with Crippen molar-refractivity contribution in [3.8, 4) is 0 Å². The van der Waals surface area contributed by atoms with Gasteiger partial charge in [0, 0.05) is 0 Å². The third-order valence-electron chi connectivity index (χ3n) is 2.54. The van der Waals surface area contributed by atoms with Crippen LogP contribution in [0.15, 0.2) is 36.4 Å². The number of halogens is 2. The van der Waals surface area contributed by atoms with E-state index in [1.807, 2.05) is 0 Å². The molecule has 0 atom stereocenters. The van der Waals surface area contributed by atoms with Crippen molar-refractivity contribution in [2.75, 3.05) is 11.1 Å². The number of carbonyl (C=O) groups is 1. The Morgan fingerprint density at radius 1 is 1.21 bits per heavy atom. The molecule has 19 heavy (non-hydrogen) atoms. The summed E-state index contributed by atoms with van der Waals surface area (Å²) < 4.78 is 13.7. The maximum atomic E-state index is 13.7. The van der Waals surface area contributed by atoms with Gasteiger partial charge < -0.3 is 16.2 Å². The summed E-state index contributed by atoms with van der Waals surface area (Å²) in [5.41, 5.74) is 5.96. The number of para-hydroxylation sites is 2. The van der Waals surface area contributed by atoms with E-state index in [0.29, 0.717) is 0 Å². The molecule has 0 aliphatic rings. The van der Waals surface area contributed by atoms with E-state index in [1.165, 1.54) is 36.4 Å². The monoisotopic (exact) mass is 280 g/mol. The minimum absolute atomic E-state index is 0.00966. The summed E-state index contributed by atoms with van der Waals surface area (Å²) in [7, 11) is 0. The Morgan fingerprint density at radius 2 is 1.89 bits per heavy atom. The van der Waals surface area contributed by atoms with Crippen LogP contribution in [0.3, 0.4) is 0 Å². The average molecular weight is 281 g/mol. The second-order valence-electron chi connectivity index (χ2n) is 3.80. The number of rotatable bonds is 3. The van der Waals surface area contributed by atoms with Crippen LogP contribution in [0.5, 0.6) is 0 Å². The van der Waals surface area contributed by atoms with Crippen molar-refractivity contribution in [3.63, 3.8) is 0 Å². The van der Waals surface area contributed by atoms with E-state index in [1.54, 1.807) is 0 Å². The Morgan fingerprint density at radius 3 is 2.53 bits per heavy atom. The Kier molecular flexibility index (Phi) is 3.57. The van der Waals surface area contributed by atoms with Gasteiger partial charge in [0.25, 0.3) is 0 Å². The quantitative estimate of drug-likeness (QED) is 0.752. The number of hydrogen-bond acceptors (Lipinski definition) is 3. The highest BCUT2D eigenvalue weighted by Gasteiger charge is 2.15. The molecule has 0 saturated carbocycles. The van der Waals surface area contributed by atoms with Gasteiger partial charge in [-0.3, -0.25) is 0 Å². The van der Waals surface area contributed by atoms with Gasteiger partial charge in [0.2, 0.25) is 0 Å². The molecule has 0 heterocycles. The number of benzene rings is 2. The molecule has 0 saturated heterocycles. The molecule has 0 aromatic heterocycles. The third kappa shape index (κ3) is 2.61. The summed E-state index contributed by atoms with van der Waals surface area (Å²) in [5, 5.41) is 11.9. The van der Waals surface area contributed by atoms with Gasteiger partial charge in [-0.25, -0.2) is 9.18 Å². The standard InChI is InChI=1S/C13H10ClFN2O2/c14-8-4-2-5-9(15)12(8)17-11-7(13(18)19)3-1-6-10(11)16/h1-6,17H,16H2,(H,18,19). The molecule has 0 aliphatic heterocycles. The highest BCUT2D eigenvalue weighted by Crippen LogP contribution is 2.32. The molecule has 0 unspecified atom stereocenters. The molecule has 0 amide bonds. The molecule has 2 aromatic rings. The van der Waals surface area contributed by atoms with Crippen LogP contribution in [0, 0.1) is 5.82 Å². The van der Waals surface area contributed by atoms with E-state index in [4.69, 9.17) is 22.4 Å². The maximum Gasteiger partial charge on any atom is 0.337 e. The number of anilines is 3. The van der Waals surface area contributed by atoms with Crippen molar-refractivity contribution < 1.29 is 14.3 Å². The van der Waals surface area contributed by atoms with Crippen LogP contribution in [0.4, 0.5) is 21.5 Å². The molecule has 4 N–H and O–H groups in total. The fraction of sp³-hybridized carbons (Fsp3) is 0. The fourth-order valence-corrected chi connectivity index (χ4v) is 1.84. The van der Waals surface area contributed by atoms with Crippen molar-refractivity contribution in [2.24, 2.45) is 0 Å². The second kappa shape index (κ2) is 5.16. The molecule has 0 spiro atoms. The maximum absolute atomic E-state index is 13.7. The molecular weight excluding hydrogens is 271 g/mol. The van der Waals surface area contributed by atoms with E-state index >= 15 is 0 Å². The molecule has 6 heteroatoms. The number of hydrogen-bond donors (Lipinski definition) is 3.